The molecular formula is C18H22O8. The van der Waals surface area contributed by atoms with Gasteiger partial charge in [-0.2, -0.15) is 0 Å². The highest BCUT2D eigenvalue weighted by Gasteiger charge is 2.47. The van der Waals surface area contributed by atoms with Crippen molar-refractivity contribution in [2.24, 2.45) is 0 Å². The van der Waals surface area contributed by atoms with E-state index < -0.39 is 42.5 Å². The second-order valence-corrected chi connectivity index (χ2v) is 5.79. The Balaban J connectivity index is 2.16. The molecule has 8 nitrogen and oxygen atoms in total. The molecule has 0 aliphatic carbocycles. The van der Waals surface area contributed by atoms with Gasteiger partial charge in [-0.3, -0.25) is 14.4 Å². The molecule has 1 heterocycles. The van der Waals surface area contributed by atoms with Gasteiger partial charge in [-0.1, -0.05) is 30.3 Å². The lowest BCUT2D eigenvalue weighted by Crippen LogP contribution is -2.58. The molecule has 8 heteroatoms. The fourth-order valence-corrected chi connectivity index (χ4v) is 2.60. The van der Waals surface area contributed by atoms with Crippen LogP contribution < -0.4 is 0 Å². The third-order valence-electron chi connectivity index (χ3n) is 3.56. The van der Waals surface area contributed by atoms with Gasteiger partial charge in [0.05, 0.1) is 13.2 Å². The molecule has 2 rings (SSSR count). The van der Waals surface area contributed by atoms with Crippen molar-refractivity contribution in [2.45, 2.75) is 52.0 Å². The van der Waals surface area contributed by atoms with Crippen LogP contribution in [-0.4, -0.2) is 49.1 Å². The van der Waals surface area contributed by atoms with E-state index >= 15 is 0 Å². The van der Waals surface area contributed by atoms with Crippen LogP contribution in [0.4, 0.5) is 0 Å². The number of hydrogen-bond donors (Lipinski definition) is 0. The van der Waals surface area contributed by atoms with Crippen molar-refractivity contribution >= 4 is 17.9 Å². The van der Waals surface area contributed by atoms with E-state index in [0.29, 0.717) is 0 Å². The lowest BCUT2D eigenvalue weighted by molar-refractivity contribution is -0.283. The molecule has 1 aromatic carbocycles. The molecule has 4 unspecified atom stereocenters. The van der Waals surface area contributed by atoms with Crippen molar-refractivity contribution in [1.82, 2.24) is 0 Å². The van der Waals surface area contributed by atoms with Crippen LogP contribution in [0.2, 0.25) is 0 Å². The molecule has 1 aromatic rings. The summed E-state index contributed by atoms with van der Waals surface area (Å²) >= 11 is 0. The molecule has 0 bridgehead atoms. The summed E-state index contributed by atoms with van der Waals surface area (Å²) in [5.74, 6) is -1.78. The standard InChI is InChI=1S/C18H22O8/c1-11(19)24-15-10-23-18(22-9-14-7-5-4-6-8-14)17(26-13(3)21)16(15)25-12(2)20/h4-8,15-18H,9-10H2,1-3H3. The maximum Gasteiger partial charge on any atom is 0.303 e. The van der Waals surface area contributed by atoms with E-state index in [1.165, 1.54) is 20.8 Å². The Kier molecular flexibility index (Phi) is 7.11. The van der Waals surface area contributed by atoms with Crippen molar-refractivity contribution in [3.63, 3.8) is 0 Å². The minimum Gasteiger partial charge on any atom is -0.456 e. The van der Waals surface area contributed by atoms with E-state index in [-0.39, 0.29) is 13.2 Å². The fraction of sp³-hybridized carbons (Fsp3) is 0.500. The molecule has 0 N–H and O–H groups in total. The zero-order valence-electron chi connectivity index (χ0n) is 14.9. The number of rotatable bonds is 6. The van der Waals surface area contributed by atoms with Gasteiger partial charge in [0.25, 0.3) is 0 Å². The van der Waals surface area contributed by atoms with Crippen LogP contribution in [-0.2, 0) is 44.7 Å². The first-order chi connectivity index (χ1) is 12.4. The minimum absolute atomic E-state index is 0.0608. The van der Waals surface area contributed by atoms with E-state index in [0.717, 1.165) is 5.56 Å². The number of carbonyl (C=O) groups excluding carboxylic acids is 3. The summed E-state index contributed by atoms with van der Waals surface area (Å²) in [6, 6.07) is 9.34. The predicted octanol–water partition coefficient (Wildman–Crippen LogP) is 1.35. The summed E-state index contributed by atoms with van der Waals surface area (Å²) in [5, 5.41) is 0. The van der Waals surface area contributed by atoms with Gasteiger partial charge in [-0.25, -0.2) is 0 Å². The molecule has 142 valence electrons. The van der Waals surface area contributed by atoms with Crippen molar-refractivity contribution < 1.29 is 38.1 Å². The Hall–Kier alpha value is -2.45. The number of esters is 3. The Morgan fingerprint density at radius 2 is 1.50 bits per heavy atom. The first-order valence-corrected chi connectivity index (χ1v) is 8.15. The van der Waals surface area contributed by atoms with E-state index in [2.05, 4.69) is 0 Å². The van der Waals surface area contributed by atoms with Crippen LogP contribution in [0, 0.1) is 0 Å². The van der Waals surface area contributed by atoms with Crippen LogP contribution in [0.15, 0.2) is 30.3 Å². The normalized spacial score (nSPS) is 25.2. The highest BCUT2D eigenvalue weighted by atomic mass is 16.7. The van der Waals surface area contributed by atoms with Gasteiger partial charge in [0.2, 0.25) is 0 Å². The summed E-state index contributed by atoms with van der Waals surface area (Å²) < 4.78 is 26.9. The van der Waals surface area contributed by atoms with Crippen LogP contribution in [0.25, 0.3) is 0 Å². The number of carbonyl (C=O) groups is 3. The van der Waals surface area contributed by atoms with Gasteiger partial charge in [0, 0.05) is 20.8 Å². The molecule has 4 atom stereocenters. The molecule has 1 aliphatic heterocycles. The van der Waals surface area contributed by atoms with Gasteiger partial charge < -0.3 is 23.7 Å². The smallest absolute Gasteiger partial charge is 0.303 e. The summed E-state index contributed by atoms with van der Waals surface area (Å²) in [6.07, 6.45) is -3.99. The Labute approximate surface area is 151 Å². The maximum atomic E-state index is 11.5. The first kappa shape index (κ1) is 19.9. The topological polar surface area (TPSA) is 97.4 Å². The van der Waals surface area contributed by atoms with Crippen molar-refractivity contribution in [1.29, 1.82) is 0 Å². The van der Waals surface area contributed by atoms with Crippen LogP contribution in [0.5, 0.6) is 0 Å². The number of ether oxygens (including phenoxy) is 5. The SMILES string of the molecule is CC(=O)OC1COC(OCc2ccccc2)C(OC(C)=O)C1OC(C)=O. The van der Waals surface area contributed by atoms with Crippen LogP contribution in [0.3, 0.4) is 0 Å². The second-order valence-electron chi connectivity index (χ2n) is 5.79. The number of benzene rings is 1. The third kappa shape index (κ3) is 5.82. The minimum atomic E-state index is -1.07. The monoisotopic (exact) mass is 366 g/mol. The van der Waals surface area contributed by atoms with Crippen molar-refractivity contribution in [2.75, 3.05) is 6.61 Å². The third-order valence-corrected chi connectivity index (χ3v) is 3.56. The Morgan fingerprint density at radius 1 is 0.923 bits per heavy atom. The molecule has 0 spiro atoms. The molecule has 26 heavy (non-hydrogen) atoms. The average molecular weight is 366 g/mol. The maximum absolute atomic E-state index is 11.5. The highest BCUT2D eigenvalue weighted by molar-refractivity contribution is 5.68. The Morgan fingerprint density at radius 3 is 2.08 bits per heavy atom. The molecule has 1 aliphatic rings. The molecular weight excluding hydrogens is 344 g/mol. The van der Waals surface area contributed by atoms with Gasteiger partial charge in [-0.05, 0) is 5.56 Å². The molecule has 1 fully saturated rings. The van der Waals surface area contributed by atoms with Gasteiger partial charge in [0.15, 0.2) is 24.6 Å². The van der Waals surface area contributed by atoms with Crippen molar-refractivity contribution in [3.8, 4) is 0 Å². The zero-order valence-corrected chi connectivity index (χ0v) is 14.9. The fourth-order valence-electron chi connectivity index (χ4n) is 2.60. The van der Waals surface area contributed by atoms with E-state index in [1.54, 1.807) is 0 Å². The zero-order chi connectivity index (χ0) is 19.1. The number of hydrogen-bond acceptors (Lipinski definition) is 8. The molecule has 0 radical (unpaired) electrons. The largest absolute Gasteiger partial charge is 0.456 e. The summed E-state index contributed by atoms with van der Waals surface area (Å²) in [7, 11) is 0. The predicted molar refractivity (Wildman–Crippen MR) is 87.6 cm³/mol. The van der Waals surface area contributed by atoms with E-state index in [9.17, 15) is 14.4 Å². The second kappa shape index (κ2) is 9.30. The van der Waals surface area contributed by atoms with Crippen LogP contribution >= 0.6 is 0 Å². The highest BCUT2D eigenvalue weighted by Crippen LogP contribution is 2.26. The molecule has 0 amide bonds. The molecule has 1 saturated heterocycles. The van der Waals surface area contributed by atoms with E-state index in [1.807, 2.05) is 30.3 Å². The summed E-state index contributed by atoms with van der Waals surface area (Å²) in [5.41, 5.74) is 0.892. The van der Waals surface area contributed by atoms with Gasteiger partial charge >= 0.3 is 17.9 Å². The van der Waals surface area contributed by atoms with Gasteiger partial charge in [0.1, 0.15) is 0 Å². The quantitative estimate of drug-likeness (QED) is 0.550. The van der Waals surface area contributed by atoms with E-state index in [4.69, 9.17) is 23.7 Å². The molecule has 0 aromatic heterocycles. The Bertz CT molecular complexity index is 629. The van der Waals surface area contributed by atoms with Crippen molar-refractivity contribution in [3.05, 3.63) is 35.9 Å². The first-order valence-electron chi connectivity index (χ1n) is 8.15. The lowest BCUT2D eigenvalue weighted by atomic mass is 10.0. The molecule has 0 saturated carbocycles. The average Bonchev–Trinajstić information content (AvgIpc) is 2.56. The summed E-state index contributed by atoms with van der Waals surface area (Å²) in [4.78, 5) is 34.3. The summed E-state index contributed by atoms with van der Waals surface area (Å²) in [6.45, 7) is 3.80. The van der Waals surface area contributed by atoms with Gasteiger partial charge in [-0.15, -0.1) is 0 Å². The van der Waals surface area contributed by atoms with Crippen LogP contribution in [0.1, 0.15) is 26.3 Å². The lowest BCUT2D eigenvalue weighted by Gasteiger charge is -2.40.